The first kappa shape index (κ1) is 21.0. The van der Waals surface area contributed by atoms with E-state index in [2.05, 4.69) is 10.3 Å². The van der Waals surface area contributed by atoms with Gasteiger partial charge >= 0.3 is 6.09 Å². The van der Waals surface area contributed by atoms with E-state index in [1.807, 2.05) is 20.8 Å². The molecule has 0 saturated heterocycles. The summed E-state index contributed by atoms with van der Waals surface area (Å²) in [6.45, 7) is 5.31. The molecule has 10 heteroatoms. The number of amides is 3. The Morgan fingerprint density at radius 2 is 1.90 bits per heavy atom. The monoisotopic (exact) mass is 413 g/mol. The Labute approximate surface area is 172 Å². The standard InChI is InChI=1S/C20H23N5O5/c1-20(2,3)18-23-11(9-25(18)19(29)30)7-8-22-14(26)10-24-16(27)12-5-4-6-13(21)15(12)17(24)28/h4-6,9H,7-8,10,21H2,1-3H3,(H,22,26)(H,29,30). The fraction of sp³-hybridized carbons (Fsp3) is 0.350. The molecular formula is C20H23N5O5. The number of hydrogen-bond donors (Lipinski definition) is 3. The Hall–Kier alpha value is -3.69. The Kier molecular flexibility index (Phi) is 5.34. The lowest BCUT2D eigenvalue weighted by molar-refractivity contribution is -0.121. The van der Waals surface area contributed by atoms with Crippen LogP contribution in [0.5, 0.6) is 0 Å². The highest BCUT2D eigenvalue weighted by molar-refractivity contribution is 6.24. The zero-order valence-electron chi connectivity index (χ0n) is 16.9. The fourth-order valence-corrected chi connectivity index (χ4v) is 3.26. The summed E-state index contributed by atoms with van der Waals surface area (Å²) in [6, 6.07) is 4.59. The third-order valence-electron chi connectivity index (χ3n) is 4.67. The van der Waals surface area contributed by atoms with E-state index < -0.39 is 35.8 Å². The number of rotatable bonds is 5. The number of fused-ring (bicyclic) bond motifs is 1. The van der Waals surface area contributed by atoms with Gasteiger partial charge in [0.15, 0.2) is 0 Å². The van der Waals surface area contributed by atoms with Crippen molar-refractivity contribution in [2.75, 3.05) is 18.8 Å². The second-order valence-corrected chi connectivity index (χ2v) is 8.02. The van der Waals surface area contributed by atoms with Gasteiger partial charge in [0.2, 0.25) is 5.91 Å². The average molecular weight is 413 g/mol. The number of nitrogens with one attached hydrogen (secondary N) is 1. The normalized spacial score (nSPS) is 13.5. The van der Waals surface area contributed by atoms with Gasteiger partial charge in [0.25, 0.3) is 11.8 Å². The minimum atomic E-state index is -1.13. The number of carboxylic acid groups (broad SMARTS) is 1. The summed E-state index contributed by atoms with van der Waals surface area (Å²) < 4.78 is 1.07. The second-order valence-electron chi connectivity index (χ2n) is 8.02. The highest BCUT2D eigenvalue weighted by atomic mass is 16.4. The van der Waals surface area contributed by atoms with Crippen LogP contribution in [0.15, 0.2) is 24.4 Å². The highest BCUT2D eigenvalue weighted by Crippen LogP contribution is 2.27. The number of nitrogens with two attached hydrogens (primary N) is 1. The Bertz CT molecular complexity index is 1050. The van der Waals surface area contributed by atoms with Crippen LogP contribution in [0.1, 0.15) is 53.0 Å². The topological polar surface area (TPSA) is 148 Å². The largest absolute Gasteiger partial charge is 0.464 e. The minimum absolute atomic E-state index is 0.115. The Balaban J connectivity index is 1.60. The lowest BCUT2D eigenvalue weighted by Crippen LogP contribution is -2.41. The molecule has 0 aliphatic carbocycles. The van der Waals surface area contributed by atoms with Gasteiger partial charge in [-0.15, -0.1) is 0 Å². The molecule has 0 saturated carbocycles. The summed E-state index contributed by atoms with van der Waals surface area (Å²) in [5.74, 6) is -1.28. The lowest BCUT2D eigenvalue weighted by Gasteiger charge is -2.17. The molecule has 4 N–H and O–H groups in total. The van der Waals surface area contributed by atoms with Crippen LogP contribution in [-0.4, -0.2) is 56.5 Å². The van der Waals surface area contributed by atoms with Crippen LogP contribution >= 0.6 is 0 Å². The van der Waals surface area contributed by atoms with E-state index >= 15 is 0 Å². The van der Waals surface area contributed by atoms with Crippen molar-refractivity contribution in [3.63, 3.8) is 0 Å². The molecule has 2 heterocycles. The third-order valence-corrected chi connectivity index (χ3v) is 4.67. The maximum absolute atomic E-state index is 12.4. The number of imidazole rings is 1. The smallest absolute Gasteiger partial charge is 0.417 e. The van der Waals surface area contributed by atoms with Gasteiger partial charge in [-0.05, 0) is 12.1 Å². The SMILES string of the molecule is CC(C)(C)c1nc(CCNC(=O)CN2C(=O)c3cccc(N)c3C2=O)cn1C(=O)O. The first-order valence-corrected chi connectivity index (χ1v) is 9.34. The zero-order chi connectivity index (χ0) is 22.2. The van der Waals surface area contributed by atoms with E-state index in [9.17, 15) is 24.3 Å². The molecule has 3 amide bonds. The maximum Gasteiger partial charge on any atom is 0.417 e. The number of nitrogens with zero attached hydrogens (tertiary/aromatic N) is 3. The van der Waals surface area contributed by atoms with E-state index in [1.54, 1.807) is 6.07 Å². The molecule has 0 atom stereocenters. The summed E-state index contributed by atoms with van der Waals surface area (Å²) >= 11 is 0. The average Bonchev–Trinajstić information content (AvgIpc) is 3.18. The molecule has 0 radical (unpaired) electrons. The van der Waals surface area contributed by atoms with Gasteiger partial charge in [-0.1, -0.05) is 26.8 Å². The molecular weight excluding hydrogens is 390 g/mol. The molecule has 1 aromatic heterocycles. The van der Waals surface area contributed by atoms with Crippen molar-refractivity contribution in [2.24, 2.45) is 0 Å². The molecule has 0 unspecified atom stereocenters. The summed E-state index contributed by atoms with van der Waals surface area (Å²) in [4.78, 5) is 53.7. The molecule has 10 nitrogen and oxygen atoms in total. The van der Waals surface area contributed by atoms with Crippen molar-refractivity contribution in [2.45, 2.75) is 32.6 Å². The number of benzene rings is 1. The van der Waals surface area contributed by atoms with Gasteiger partial charge in [0.1, 0.15) is 12.4 Å². The van der Waals surface area contributed by atoms with E-state index in [4.69, 9.17) is 5.73 Å². The van der Waals surface area contributed by atoms with Crippen LogP contribution in [0.4, 0.5) is 10.5 Å². The Morgan fingerprint density at radius 1 is 1.20 bits per heavy atom. The van der Waals surface area contributed by atoms with Crippen LogP contribution in [-0.2, 0) is 16.6 Å². The molecule has 1 aromatic carbocycles. The van der Waals surface area contributed by atoms with E-state index in [-0.39, 0.29) is 23.4 Å². The Morgan fingerprint density at radius 3 is 2.47 bits per heavy atom. The molecule has 0 spiro atoms. The minimum Gasteiger partial charge on any atom is -0.464 e. The van der Waals surface area contributed by atoms with Crippen LogP contribution in [0.2, 0.25) is 0 Å². The predicted molar refractivity (Wildman–Crippen MR) is 107 cm³/mol. The van der Waals surface area contributed by atoms with Gasteiger partial charge in [-0.2, -0.15) is 0 Å². The number of imide groups is 1. The maximum atomic E-state index is 12.4. The summed E-state index contributed by atoms with van der Waals surface area (Å²) in [5, 5.41) is 12.0. The van der Waals surface area contributed by atoms with Crippen molar-refractivity contribution >= 4 is 29.5 Å². The van der Waals surface area contributed by atoms with Crippen LogP contribution < -0.4 is 11.1 Å². The second kappa shape index (κ2) is 7.62. The van der Waals surface area contributed by atoms with Crippen molar-refractivity contribution in [3.8, 4) is 0 Å². The van der Waals surface area contributed by atoms with E-state index in [0.29, 0.717) is 17.9 Å². The number of carbonyl (C=O) groups excluding carboxylic acids is 3. The van der Waals surface area contributed by atoms with Crippen molar-refractivity contribution in [3.05, 3.63) is 47.0 Å². The van der Waals surface area contributed by atoms with Crippen molar-refractivity contribution < 1.29 is 24.3 Å². The summed E-state index contributed by atoms with van der Waals surface area (Å²) in [7, 11) is 0. The van der Waals surface area contributed by atoms with Crippen LogP contribution in [0, 0.1) is 0 Å². The quantitative estimate of drug-likeness (QED) is 0.493. The molecule has 30 heavy (non-hydrogen) atoms. The third kappa shape index (κ3) is 3.88. The molecule has 158 valence electrons. The lowest BCUT2D eigenvalue weighted by atomic mass is 9.96. The molecule has 1 aliphatic heterocycles. The van der Waals surface area contributed by atoms with E-state index in [0.717, 1.165) is 9.47 Å². The molecule has 0 fully saturated rings. The van der Waals surface area contributed by atoms with Gasteiger partial charge in [-0.25, -0.2) is 14.3 Å². The number of hydrogen-bond acceptors (Lipinski definition) is 6. The van der Waals surface area contributed by atoms with Gasteiger partial charge in [0, 0.05) is 30.3 Å². The van der Waals surface area contributed by atoms with Gasteiger partial charge in [-0.3, -0.25) is 19.3 Å². The molecule has 0 bridgehead atoms. The van der Waals surface area contributed by atoms with E-state index in [1.165, 1.54) is 18.3 Å². The first-order chi connectivity index (χ1) is 14.0. The zero-order valence-corrected chi connectivity index (χ0v) is 16.9. The van der Waals surface area contributed by atoms with Crippen LogP contribution in [0.3, 0.4) is 0 Å². The highest BCUT2D eigenvalue weighted by Gasteiger charge is 2.37. The summed E-state index contributed by atoms with van der Waals surface area (Å²) in [5.41, 5.74) is 6.31. The number of anilines is 1. The van der Waals surface area contributed by atoms with Crippen molar-refractivity contribution in [1.29, 1.82) is 0 Å². The van der Waals surface area contributed by atoms with Gasteiger partial charge < -0.3 is 16.2 Å². The molecule has 3 rings (SSSR count). The number of nitrogen functional groups attached to an aromatic ring is 1. The summed E-state index contributed by atoms with van der Waals surface area (Å²) in [6.07, 6.45) is 0.583. The number of carbonyl (C=O) groups is 4. The molecule has 1 aliphatic rings. The first-order valence-electron chi connectivity index (χ1n) is 9.34. The predicted octanol–water partition coefficient (Wildman–Crippen LogP) is 1.24. The van der Waals surface area contributed by atoms with Gasteiger partial charge in [0.05, 0.1) is 16.8 Å². The number of aromatic nitrogens is 2. The van der Waals surface area contributed by atoms with Crippen LogP contribution in [0.25, 0.3) is 0 Å². The fourth-order valence-electron chi connectivity index (χ4n) is 3.26. The van der Waals surface area contributed by atoms with Crippen molar-refractivity contribution in [1.82, 2.24) is 19.8 Å². The molecule has 2 aromatic rings.